The second kappa shape index (κ2) is 6.27. The molecule has 1 amide bonds. The quantitative estimate of drug-likeness (QED) is 0.899. The Morgan fingerprint density at radius 1 is 1.52 bits per heavy atom. The maximum Gasteiger partial charge on any atom is 0.432 e. The lowest BCUT2D eigenvalue weighted by Crippen LogP contribution is -2.39. The number of hydrogen-bond acceptors (Lipinski definition) is 4. The third-order valence-electron chi connectivity index (χ3n) is 4.25. The Hall–Kier alpha value is -2.76. The monoisotopic (exact) mass is 352 g/mol. The number of carbonyl (C=O) groups excluding carboxylic acids is 1. The van der Waals surface area contributed by atoms with Crippen LogP contribution in [0.5, 0.6) is 0 Å². The first-order chi connectivity index (χ1) is 11.8. The van der Waals surface area contributed by atoms with Crippen molar-refractivity contribution in [2.24, 2.45) is 0 Å². The van der Waals surface area contributed by atoms with Crippen LogP contribution in [0.3, 0.4) is 0 Å². The number of hydrogen-bond donors (Lipinski definition) is 1. The lowest BCUT2D eigenvalue weighted by atomic mass is 9.96. The number of aromatic nitrogens is 2. The summed E-state index contributed by atoms with van der Waals surface area (Å²) in [5.41, 5.74) is -0.595. The SMILES string of the molecule is Cc1oc(C#N)cc1C(=O)N1CCCC(c2ncc(C(F)(F)F)[nH]2)C1. The van der Waals surface area contributed by atoms with Crippen molar-refractivity contribution < 1.29 is 22.4 Å². The number of halogens is 3. The van der Waals surface area contributed by atoms with E-state index in [1.165, 1.54) is 6.07 Å². The molecule has 0 aliphatic carbocycles. The number of H-pyrrole nitrogens is 1. The van der Waals surface area contributed by atoms with Gasteiger partial charge in [-0.3, -0.25) is 4.79 Å². The number of carbonyl (C=O) groups is 1. The zero-order chi connectivity index (χ0) is 18.2. The largest absolute Gasteiger partial charge is 0.450 e. The highest BCUT2D eigenvalue weighted by Crippen LogP contribution is 2.31. The van der Waals surface area contributed by atoms with Gasteiger partial charge in [-0.2, -0.15) is 18.4 Å². The van der Waals surface area contributed by atoms with Crippen molar-refractivity contribution in [3.8, 4) is 6.07 Å². The zero-order valence-corrected chi connectivity index (χ0v) is 13.4. The summed E-state index contributed by atoms with van der Waals surface area (Å²) in [6, 6.07) is 3.22. The Morgan fingerprint density at radius 2 is 2.28 bits per heavy atom. The van der Waals surface area contributed by atoms with Gasteiger partial charge in [-0.1, -0.05) is 0 Å². The van der Waals surface area contributed by atoms with Gasteiger partial charge in [-0.05, 0) is 19.8 Å². The van der Waals surface area contributed by atoms with Crippen LogP contribution in [-0.2, 0) is 6.18 Å². The average Bonchev–Trinajstić information content (AvgIpc) is 3.21. The van der Waals surface area contributed by atoms with E-state index in [0.717, 1.165) is 6.20 Å². The minimum Gasteiger partial charge on any atom is -0.450 e. The van der Waals surface area contributed by atoms with Gasteiger partial charge in [0.05, 0.1) is 11.8 Å². The number of nitrogens with zero attached hydrogens (tertiary/aromatic N) is 3. The number of rotatable bonds is 2. The van der Waals surface area contributed by atoms with E-state index in [1.54, 1.807) is 11.8 Å². The lowest BCUT2D eigenvalue weighted by molar-refractivity contribution is -0.141. The molecule has 6 nitrogen and oxygen atoms in total. The summed E-state index contributed by atoms with van der Waals surface area (Å²) in [5, 5.41) is 8.85. The van der Waals surface area contributed by atoms with Crippen LogP contribution in [0, 0.1) is 18.3 Å². The van der Waals surface area contributed by atoms with Gasteiger partial charge in [0.15, 0.2) is 0 Å². The first-order valence-electron chi connectivity index (χ1n) is 7.71. The molecular formula is C16H15F3N4O2. The van der Waals surface area contributed by atoms with Gasteiger partial charge in [0.2, 0.25) is 5.76 Å². The van der Waals surface area contributed by atoms with Gasteiger partial charge in [0.1, 0.15) is 23.3 Å². The molecule has 1 unspecified atom stereocenters. The van der Waals surface area contributed by atoms with Crippen molar-refractivity contribution >= 4 is 5.91 Å². The summed E-state index contributed by atoms with van der Waals surface area (Å²) in [6.45, 7) is 2.35. The van der Waals surface area contributed by atoms with E-state index < -0.39 is 11.9 Å². The van der Waals surface area contributed by atoms with Gasteiger partial charge in [-0.25, -0.2) is 4.98 Å². The van der Waals surface area contributed by atoms with Crippen molar-refractivity contribution in [2.75, 3.05) is 13.1 Å². The molecule has 1 fully saturated rings. The number of furan rings is 1. The number of aromatic amines is 1. The van der Waals surface area contributed by atoms with Gasteiger partial charge in [0, 0.05) is 25.1 Å². The molecule has 0 bridgehead atoms. The molecule has 2 aromatic heterocycles. The zero-order valence-electron chi connectivity index (χ0n) is 13.4. The van der Waals surface area contributed by atoms with Crippen LogP contribution >= 0.6 is 0 Å². The summed E-state index contributed by atoms with van der Waals surface area (Å²) < 4.78 is 43.3. The molecule has 132 valence electrons. The summed E-state index contributed by atoms with van der Waals surface area (Å²) in [5.74, 6) is 0.0363. The van der Waals surface area contributed by atoms with Crippen LogP contribution in [0.15, 0.2) is 16.7 Å². The third kappa shape index (κ3) is 3.38. The highest BCUT2D eigenvalue weighted by Gasteiger charge is 2.35. The Balaban J connectivity index is 1.77. The first-order valence-corrected chi connectivity index (χ1v) is 7.71. The van der Waals surface area contributed by atoms with Gasteiger partial charge in [-0.15, -0.1) is 0 Å². The molecule has 1 saturated heterocycles. The number of amides is 1. The molecule has 0 spiro atoms. The summed E-state index contributed by atoms with van der Waals surface area (Å²) in [7, 11) is 0. The van der Waals surface area contributed by atoms with Crippen LogP contribution in [0.25, 0.3) is 0 Å². The number of likely N-dealkylation sites (tertiary alicyclic amines) is 1. The maximum absolute atomic E-state index is 12.7. The molecule has 3 heterocycles. The number of nitrogens with one attached hydrogen (secondary N) is 1. The third-order valence-corrected chi connectivity index (χ3v) is 4.25. The maximum atomic E-state index is 12.7. The molecule has 2 aromatic rings. The lowest BCUT2D eigenvalue weighted by Gasteiger charge is -2.31. The normalized spacial score (nSPS) is 18.2. The van der Waals surface area contributed by atoms with Crippen LogP contribution < -0.4 is 0 Å². The topological polar surface area (TPSA) is 85.9 Å². The fraction of sp³-hybridized carbons (Fsp3) is 0.438. The Bertz CT molecular complexity index is 831. The fourth-order valence-corrected chi connectivity index (χ4v) is 2.99. The molecule has 0 radical (unpaired) electrons. The summed E-state index contributed by atoms with van der Waals surface area (Å²) >= 11 is 0. The van der Waals surface area contributed by atoms with E-state index in [1.807, 2.05) is 6.07 Å². The van der Waals surface area contributed by atoms with Crippen molar-refractivity contribution in [3.05, 3.63) is 40.9 Å². The van der Waals surface area contributed by atoms with Crippen molar-refractivity contribution in [1.82, 2.24) is 14.9 Å². The molecule has 1 aliphatic rings. The van der Waals surface area contributed by atoms with E-state index in [2.05, 4.69) is 9.97 Å². The van der Waals surface area contributed by atoms with E-state index >= 15 is 0 Å². The molecular weight excluding hydrogens is 337 g/mol. The second-order valence-corrected chi connectivity index (χ2v) is 5.96. The Kier molecular flexibility index (Phi) is 4.29. The highest BCUT2D eigenvalue weighted by atomic mass is 19.4. The van der Waals surface area contributed by atoms with Crippen molar-refractivity contribution in [1.29, 1.82) is 5.26 Å². The van der Waals surface area contributed by atoms with Crippen LogP contribution in [-0.4, -0.2) is 33.9 Å². The van der Waals surface area contributed by atoms with Crippen LogP contribution in [0.1, 0.15) is 52.2 Å². The van der Waals surface area contributed by atoms with Gasteiger partial charge < -0.3 is 14.3 Å². The molecule has 9 heteroatoms. The number of alkyl halides is 3. The number of aryl methyl sites for hydroxylation is 1. The molecule has 0 saturated carbocycles. The van der Waals surface area contributed by atoms with Gasteiger partial charge >= 0.3 is 6.18 Å². The Morgan fingerprint density at radius 3 is 2.88 bits per heavy atom. The Labute approximate surface area is 141 Å². The van der Waals surface area contributed by atoms with E-state index in [-0.39, 0.29) is 30.0 Å². The van der Waals surface area contributed by atoms with Crippen molar-refractivity contribution in [3.63, 3.8) is 0 Å². The molecule has 3 rings (SSSR count). The number of piperidine rings is 1. The standard InChI is InChI=1S/C16H15F3N4O2/c1-9-12(5-11(6-20)25-9)15(24)23-4-2-3-10(8-23)14-21-7-13(22-14)16(17,18)19/h5,7,10H,2-4,8H2,1H3,(H,21,22). The summed E-state index contributed by atoms with van der Waals surface area (Å²) in [6.07, 6.45) is -2.41. The van der Waals surface area contributed by atoms with E-state index in [0.29, 0.717) is 30.7 Å². The predicted octanol–water partition coefficient (Wildman–Crippen LogP) is 3.22. The minimum absolute atomic E-state index is 0.0512. The van der Waals surface area contributed by atoms with E-state index in [4.69, 9.17) is 9.68 Å². The fourth-order valence-electron chi connectivity index (χ4n) is 2.99. The minimum atomic E-state index is -4.48. The van der Waals surface area contributed by atoms with Gasteiger partial charge in [0.25, 0.3) is 5.91 Å². The van der Waals surface area contributed by atoms with Crippen LogP contribution in [0.2, 0.25) is 0 Å². The molecule has 1 N–H and O–H groups in total. The van der Waals surface area contributed by atoms with E-state index in [9.17, 15) is 18.0 Å². The molecule has 25 heavy (non-hydrogen) atoms. The molecule has 0 aromatic carbocycles. The average molecular weight is 352 g/mol. The predicted molar refractivity (Wildman–Crippen MR) is 79.6 cm³/mol. The highest BCUT2D eigenvalue weighted by molar-refractivity contribution is 5.95. The number of nitriles is 1. The first kappa shape index (κ1) is 17.1. The molecule has 1 aliphatic heterocycles. The summed E-state index contributed by atoms with van der Waals surface area (Å²) in [4.78, 5) is 20.3. The number of imidazole rings is 1. The second-order valence-electron chi connectivity index (χ2n) is 5.96. The van der Waals surface area contributed by atoms with Crippen LogP contribution in [0.4, 0.5) is 13.2 Å². The molecule has 1 atom stereocenters. The smallest absolute Gasteiger partial charge is 0.432 e. The van der Waals surface area contributed by atoms with Crippen molar-refractivity contribution in [2.45, 2.75) is 31.9 Å².